The molecule has 3 aliphatic carbocycles. The van der Waals surface area contributed by atoms with Gasteiger partial charge in [-0.15, -0.1) is 0 Å². The molecule has 184 valence electrons. The van der Waals surface area contributed by atoms with Crippen molar-refractivity contribution < 1.29 is 14.4 Å². The fourth-order valence-corrected chi connectivity index (χ4v) is 6.64. The van der Waals surface area contributed by atoms with Crippen LogP contribution in [-0.2, 0) is 15.0 Å². The van der Waals surface area contributed by atoms with Gasteiger partial charge < -0.3 is 0 Å². The Labute approximate surface area is 218 Å². The first-order chi connectivity index (χ1) is 18.6. The van der Waals surface area contributed by atoms with Crippen LogP contribution in [0.1, 0.15) is 38.5 Å². The average molecular weight is 499 g/mol. The van der Waals surface area contributed by atoms with Crippen molar-refractivity contribution >= 4 is 29.6 Å². The van der Waals surface area contributed by atoms with Crippen molar-refractivity contribution in [1.29, 1.82) is 0 Å². The van der Waals surface area contributed by atoms with E-state index in [0.29, 0.717) is 11.3 Å². The number of pyridine rings is 1. The summed E-state index contributed by atoms with van der Waals surface area (Å²) in [6.45, 7) is 0. The van der Waals surface area contributed by atoms with Crippen molar-refractivity contribution in [2.45, 2.75) is 11.3 Å². The van der Waals surface area contributed by atoms with Gasteiger partial charge in [0.1, 0.15) is 0 Å². The number of hydrazone groups is 1. The lowest BCUT2D eigenvalue weighted by molar-refractivity contribution is -0.122. The zero-order chi connectivity index (χ0) is 25.9. The van der Waals surface area contributed by atoms with E-state index in [4.69, 9.17) is 0 Å². The largest absolute Gasteiger partial charge is 0.274 e. The number of carbonyl (C=O) groups is 3. The predicted octanol–water partition coefficient (Wildman–Crippen LogP) is 4.05. The third kappa shape index (κ3) is 2.93. The zero-order valence-electron chi connectivity index (χ0n) is 20.2. The fourth-order valence-electron chi connectivity index (χ4n) is 6.64. The lowest BCUT2D eigenvalue weighted by atomic mass is 9.47. The molecule has 4 aromatic rings. The van der Waals surface area contributed by atoms with E-state index in [2.05, 4.69) is 15.5 Å². The van der Waals surface area contributed by atoms with Crippen LogP contribution >= 0.6 is 0 Å². The summed E-state index contributed by atoms with van der Waals surface area (Å²) in [6.07, 6.45) is 4.72. The molecule has 3 amide bonds. The molecule has 2 atom stereocenters. The Morgan fingerprint density at radius 3 is 2.16 bits per heavy atom. The third-order valence-electron chi connectivity index (χ3n) is 8.06. The van der Waals surface area contributed by atoms with Crippen molar-refractivity contribution in [2.75, 3.05) is 4.90 Å². The van der Waals surface area contributed by atoms with Gasteiger partial charge in [-0.1, -0.05) is 66.7 Å². The summed E-state index contributed by atoms with van der Waals surface area (Å²) in [4.78, 5) is 46.4. The Bertz CT molecular complexity index is 1590. The standard InChI is InChI=1S/C31H22N4O3/c36-28(19-9-8-16-32-17-19)34-33-18-31-23-14-6-4-12-21(23)25(22-13-5-7-15-24(22)31)26-27(31)30(38)35(29(26)37)20-10-2-1-3-11-20/h1-18,25-27H,(H,34,36)/b33-18-/t25?,26-,27-,31?/m1/s1. The van der Waals surface area contributed by atoms with E-state index in [0.717, 1.165) is 22.3 Å². The molecule has 2 heterocycles. The van der Waals surface area contributed by atoms with E-state index in [-0.39, 0.29) is 17.7 Å². The molecule has 7 nitrogen and oxygen atoms in total. The Morgan fingerprint density at radius 1 is 0.842 bits per heavy atom. The number of aromatic nitrogens is 1. The molecule has 0 radical (unpaired) electrons. The van der Waals surface area contributed by atoms with Crippen LogP contribution < -0.4 is 10.3 Å². The van der Waals surface area contributed by atoms with Gasteiger partial charge in [-0.3, -0.25) is 19.4 Å². The van der Waals surface area contributed by atoms with Crippen LogP contribution in [0.4, 0.5) is 5.69 Å². The number of rotatable bonds is 4. The number of imide groups is 1. The van der Waals surface area contributed by atoms with Gasteiger partial charge in [0.2, 0.25) is 11.8 Å². The van der Waals surface area contributed by atoms with Gasteiger partial charge in [0.25, 0.3) is 5.91 Å². The van der Waals surface area contributed by atoms with E-state index in [1.807, 2.05) is 66.7 Å². The maximum absolute atomic E-state index is 14.2. The molecule has 3 aromatic carbocycles. The second kappa shape index (κ2) is 8.31. The van der Waals surface area contributed by atoms with E-state index in [1.54, 1.807) is 36.7 Å². The third-order valence-corrected chi connectivity index (χ3v) is 8.06. The SMILES string of the molecule is O=C(N/N=C\C12c3ccccc3C(c3ccccc31)[C@H]1C(=O)N(c3ccccc3)C(=O)[C@@H]12)c1cccnc1. The number of anilines is 1. The lowest BCUT2D eigenvalue weighted by Gasteiger charge is -2.52. The molecule has 2 bridgehead atoms. The van der Waals surface area contributed by atoms with E-state index in [9.17, 15) is 14.4 Å². The highest BCUT2D eigenvalue weighted by Gasteiger charge is 2.68. The van der Waals surface area contributed by atoms with Crippen LogP contribution in [0.3, 0.4) is 0 Å². The van der Waals surface area contributed by atoms with Gasteiger partial charge in [-0.25, -0.2) is 10.3 Å². The van der Waals surface area contributed by atoms with Gasteiger partial charge in [-0.05, 0) is 46.5 Å². The minimum atomic E-state index is -1.04. The summed E-state index contributed by atoms with van der Waals surface area (Å²) in [5.41, 5.74) is 6.38. The smallest absolute Gasteiger partial charge is 0.272 e. The fraction of sp³-hybridized carbons (Fsp3) is 0.129. The molecule has 8 rings (SSSR count). The quantitative estimate of drug-likeness (QED) is 0.261. The molecule has 1 aliphatic heterocycles. The van der Waals surface area contributed by atoms with Gasteiger partial charge in [-0.2, -0.15) is 5.10 Å². The van der Waals surface area contributed by atoms with E-state index >= 15 is 0 Å². The minimum absolute atomic E-state index is 0.211. The van der Waals surface area contributed by atoms with Crippen LogP contribution in [0.2, 0.25) is 0 Å². The number of amides is 3. The van der Waals surface area contributed by atoms with Crippen LogP contribution in [0, 0.1) is 11.8 Å². The van der Waals surface area contributed by atoms with Crippen LogP contribution in [0.25, 0.3) is 0 Å². The van der Waals surface area contributed by atoms with Crippen molar-refractivity contribution in [3.05, 3.63) is 131 Å². The highest BCUT2D eigenvalue weighted by atomic mass is 16.2. The maximum atomic E-state index is 14.2. The van der Waals surface area contributed by atoms with Crippen LogP contribution in [0.15, 0.2) is 108 Å². The molecule has 1 aromatic heterocycles. The molecule has 1 fully saturated rings. The molecule has 38 heavy (non-hydrogen) atoms. The summed E-state index contributed by atoms with van der Waals surface area (Å²) >= 11 is 0. The molecular weight excluding hydrogens is 476 g/mol. The highest BCUT2D eigenvalue weighted by Crippen LogP contribution is 2.63. The van der Waals surface area contributed by atoms with Gasteiger partial charge in [0, 0.05) is 24.5 Å². The van der Waals surface area contributed by atoms with Crippen molar-refractivity contribution in [3.8, 4) is 0 Å². The minimum Gasteiger partial charge on any atom is -0.274 e. The first kappa shape index (κ1) is 22.3. The molecule has 0 unspecified atom stereocenters. The van der Waals surface area contributed by atoms with Gasteiger partial charge >= 0.3 is 0 Å². The Morgan fingerprint density at radius 2 is 1.50 bits per heavy atom. The molecule has 1 N–H and O–H groups in total. The molecule has 7 heteroatoms. The summed E-state index contributed by atoms with van der Waals surface area (Å²) in [6, 6.07) is 28.3. The Balaban J connectivity index is 1.42. The van der Waals surface area contributed by atoms with Crippen molar-refractivity contribution in [1.82, 2.24) is 10.4 Å². The normalized spacial score (nSPS) is 24.7. The van der Waals surface area contributed by atoms with Gasteiger partial charge in [0.15, 0.2) is 0 Å². The molecule has 0 spiro atoms. The first-order valence-electron chi connectivity index (χ1n) is 12.5. The first-order valence-corrected chi connectivity index (χ1v) is 12.5. The number of carbonyl (C=O) groups excluding carboxylic acids is 3. The van der Waals surface area contributed by atoms with Crippen molar-refractivity contribution in [3.63, 3.8) is 0 Å². The monoisotopic (exact) mass is 498 g/mol. The molecule has 0 saturated carbocycles. The van der Waals surface area contributed by atoms with Crippen LogP contribution in [0.5, 0.6) is 0 Å². The molecule has 1 saturated heterocycles. The Hall–Kier alpha value is -4.91. The number of nitrogens with one attached hydrogen (secondary N) is 1. The Kier molecular flexibility index (Phi) is 4.88. The number of benzene rings is 3. The second-order valence-electron chi connectivity index (χ2n) is 9.81. The second-order valence-corrected chi connectivity index (χ2v) is 9.81. The summed E-state index contributed by atoms with van der Waals surface area (Å²) < 4.78 is 0. The highest BCUT2D eigenvalue weighted by molar-refractivity contribution is 6.25. The van der Waals surface area contributed by atoms with E-state index in [1.165, 1.54) is 11.1 Å². The van der Waals surface area contributed by atoms with Crippen molar-refractivity contribution in [2.24, 2.45) is 16.9 Å². The summed E-state index contributed by atoms with van der Waals surface area (Å²) in [5, 5.41) is 4.42. The van der Waals surface area contributed by atoms with E-state index < -0.39 is 23.2 Å². The number of nitrogens with zero attached hydrogens (tertiary/aromatic N) is 3. The molecular formula is C31H22N4O3. The maximum Gasteiger partial charge on any atom is 0.272 e. The number of para-hydroxylation sites is 1. The van der Waals surface area contributed by atoms with Gasteiger partial charge in [0.05, 0.1) is 28.5 Å². The topological polar surface area (TPSA) is 91.7 Å². The molecule has 4 aliphatic rings. The summed E-state index contributed by atoms with van der Waals surface area (Å²) in [5.74, 6) is -2.43. The zero-order valence-corrected chi connectivity index (χ0v) is 20.2. The number of hydrogen-bond donors (Lipinski definition) is 1. The summed E-state index contributed by atoms with van der Waals surface area (Å²) in [7, 11) is 0. The number of hydrogen-bond acceptors (Lipinski definition) is 5. The lowest BCUT2D eigenvalue weighted by Crippen LogP contribution is -2.54. The van der Waals surface area contributed by atoms with Crippen LogP contribution in [-0.4, -0.2) is 28.9 Å². The average Bonchev–Trinajstić information content (AvgIpc) is 3.24. The predicted molar refractivity (Wildman–Crippen MR) is 142 cm³/mol.